The van der Waals surface area contributed by atoms with Crippen LogP contribution in [0.4, 0.5) is 5.69 Å². The van der Waals surface area contributed by atoms with Crippen LogP contribution in [0.3, 0.4) is 0 Å². The summed E-state index contributed by atoms with van der Waals surface area (Å²) >= 11 is 0. The van der Waals surface area contributed by atoms with E-state index in [0.29, 0.717) is 17.1 Å². The minimum atomic E-state index is -1.71. The zero-order valence-corrected chi connectivity index (χ0v) is 19.4. The van der Waals surface area contributed by atoms with Gasteiger partial charge in [0.15, 0.2) is 0 Å². The lowest BCUT2D eigenvalue weighted by Gasteiger charge is -2.32. The highest BCUT2D eigenvalue weighted by atomic mass is 16.5. The number of carbonyl (C=O) groups excluding carboxylic acids is 2. The predicted octanol–water partition coefficient (Wildman–Crippen LogP) is 2.73. The van der Waals surface area contributed by atoms with Crippen LogP contribution in [0.1, 0.15) is 31.9 Å². The second kappa shape index (κ2) is 8.64. The number of nitrogens with zero attached hydrogens (tertiary/aromatic N) is 1. The highest BCUT2D eigenvalue weighted by molar-refractivity contribution is 6.24. The Morgan fingerprint density at radius 2 is 1.82 bits per heavy atom. The van der Waals surface area contributed by atoms with Crippen LogP contribution in [-0.4, -0.2) is 47.8 Å². The van der Waals surface area contributed by atoms with Crippen LogP contribution in [0.25, 0.3) is 0 Å². The number of carbonyl (C=O) groups is 3. The summed E-state index contributed by atoms with van der Waals surface area (Å²) in [5.74, 6) is -4.08. The number of imide groups is 1. The Morgan fingerprint density at radius 1 is 1.12 bits per heavy atom. The quantitative estimate of drug-likeness (QED) is 0.530. The number of hydrogen-bond donors (Lipinski definition) is 3. The third-order valence-corrected chi connectivity index (χ3v) is 6.66. The van der Waals surface area contributed by atoms with E-state index in [1.807, 2.05) is 13.8 Å². The summed E-state index contributed by atoms with van der Waals surface area (Å²) in [4.78, 5) is 41.4. The number of phenolic OH excluding ortho intramolecular Hbond substituents is 1. The van der Waals surface area contributed by atoms with Gasteiger partial charge in [-0.3, -0.25) is 19.7 Å². The molecule has 2 saturated heterocycles. The van der Waals surface area contributed by atoms with Crippen molar-refractivity contribution in [3.8, 4) is 17.2 Å². The third kappa shape index (κ3) is 3.47. The molecule has 34 heavy (non-hydrogen) atoms. The largest absolute Gasteiger partial charge is 0.508 e. The van der Waals surface area contributed by atoms with Crippen molar-refractivity contribution in [2.24, 2.45) is 17.8 Å². The van der Waals surface area contributed by atoms with Crippen LogP contribution in [0.2, 0.25) is 0 Å². The van der Waals surface area contributed by atoms with Crippen LogP contribution in [0.5, 0.6) is 17.2 Å². The van der Waals surface area contributed by atoms with Gasteiger partial charge in [-0.1, -0.05) is 26.0 Å². The molecule has 4 atom stereocenters. The van der Waals surface area contributed by atoms with Crippen molar-refractivity contribution in [1.82, 2.24) is 5.32 Å². The number of nitrogens with one attached hydrogen (secondary N) is 1. The first-order valence-electron chi connectivity index (χ1n) is 11.0. The van der Waals surface area contributed by atoms with Crippen molar-refractivity contribution in [3.05, 3.63) is 48.0 Å². The van der Waals surface area contributed by atoms with Crippen molar-refractivity contribution in [2.45, 2.75) is 31.8 Å². The standard InChI is InChI=1S/C25H28N2O7/c1-13(2)12-25(24(31)32)20-19(21(26-25)15-11-14(33-3)9-10-17(15)28)22(29)27(23(20)30)16-7-5-6-8-18(16)34-4/h5-11,13,19-21,26,28H,12H2,1-4H3,(H,31,32)/t19-,20+,21+,25+/m1/s1. The molecule has 2 fully saturated rings. The Balaban J connectivity index is 1.92. The van der Waals surface area contributed by atoms with Crippen molar-refractivity contribution in [3.63, 3.8) is 0 Å². The molecule has 3 N–H and O–H groups in total. The van der Waals surface area contributed by atoms with E-state index >= 15 is 0 Å². The SMILES string of the molecule is COc1ccc(O)c([C@@H]2N[C@](CC(C)C)(C(=O)O)[C@@H]3C(=O)N(c4ccccc4OC)C(=O)[C@H]32)c1. The molecule has 2 aromatic carbocycles. The van der Waals surface area contributed by atoms with Gasteiger partial charge in [0.2, 0.25) is 11.8 Å². The van der Waals surface area contributed by atoms with Gasteiger partial charge in [0.25, 0.3) is 0 Å². The molecule has 0 bridgehead atoms. The van der Waals surface area contributed by atoms with E-state index in [0.717, 1.165) is 4.90 Å². The first-order valence-corrected chi connectivity index (χ1v) is 11.0. The Morgan fingerprint density at radius 3 is 2.44 bits per heavy atom. The Bertz CT molecular complexity index is 1150. The molecule has 9 heteroatoms. The lowest BCUT2D eigenvalue weighted by molar-refractivity contribution is -0.149. The van der Waals surface area contributed by atoms with Gasteiger partial charge < -0.3 is 19.7 Å². The molecule has 0 aromatic heterocycles. The Hall–Kier alpha value is -3.59. The van der Waals surface area contributed by atoms with Crippen molar-refractivity contribution in [1.29, 1.82) is 0 Å². The first kappa shape index (κ1) is 23.6. The second-order valence-corrected chi connectivity index (χ2v) is 9.11. The Kier molecular flexibility index (Phi) is 5.99. The maximum atomic E-state index is 13.8. The number of anilines is 1. The van der Waals surface area contributed by atoms with E-state index < -0.39 is 41.2 Å². The summed E-state index contributed by atoms with van der Waals surface area (Å²) in [6.45, 7) is 3.72. The number of hydrogen-bond acceptors (Lipinski definition) is 7. The van der Waals surface area contributed by atoms with Gasteiger partial charge in [-0.2, -0.15) is 0 Å². The number of phenols is 1. The molecule has 0 aliphatic carbocycles. The molecule has 0 unspecified atom stereocenters. The minimum Gasteiger partial charge on any atom is -0.508 e. The fourth-order valence-corrected chi connectivity index (χ4v) is 5.35. The van der Waals surface area contributed by atoms with Crippen molar-refractivity contribution >= 4 is 23.5 Å². The van der Waals surface area contributed by atoms with Crippen LogP contribution >= 0.6 is 0 Å². The van der Waals surface area contributed by atoms with Gasteiger partial charge in [0.05, 0.1) is 31.7 Å². The highest BCUT2D eigenvalue weighted by Crippen LogP contribution is 2.53. The average molecular weight is 469 g/mol. The third-order valence-electron chi connectivity index (χ3n) is 6.66. The number of aromatic hydroxyl groups is 1. The fourth-order valence-electron chi connectivity index (χ4n) is 5.35. The van der Waals surface area contributed by atoms with Crippen LogP contribution < -0.4 is 19.7 Å². The van der Waals surface area contributed by atoms with Crippen LogP contribution in [0, 0.1) is 17.8 Å². The number of para-hydroxylation sites is 2. The topological polar surface area (TPSA) is 125 Å². The summed E-state index contributed by atoms with van der Waals surface area (Å²) in [7, 11) is 2.90. The molecule has 2 heterocycles. The number of rotatable bonds is 7. The van der Waals surface area contributed by atoms with Gasteiger partial charge in [-0.25, -0.2) is 4.90 Å². The minimum absolute atomic E-state index is 0.0925. The number of benzene rings is 2. The molecular weight excluding hydrogens is 440 g/mol. The van der Waals surface area contributed by atoms with E-state index in [1.165, 1.54) is 20.3 Å². The van der Waals surface area contributed by atoms with Gasteiger partial charge in [0.1, 0.15) is 22.8 Å². The lowest BCUT2D eigenvalue weighted by atomic mass is 9.75. The summed E-state index contributed by atoms with van der Waals surface area (Å²) < 4.78 is 10.6. The maximum absolute atomic E-state index is 13.8. The maximum Gasteiger partial charge on any atom is 0.324 e. The molecule has 4 rings (SSSR count). The van der Waals surface area contributed by atoms with Crippen LogP contribution in [-0.2, 0) is 14.4 Å². The first-order chi connectivity index (χ1) is 16.2. The van der Waals surface area contributed by atoms with Crippen molar-refractivity contribution < 1.29 is 34.1 Å². The average Bonchev–Trinajstić information content (AvgIpc) is 3.27. The number of fused-ring (bicyclic) bond motifs is 1. The van der Waals surface area contributed by atoms with Gasteiger partial charge in [-0.15, -0.1) is 0 Å². The summed E-state index contributed by atoms with van der Waals surface area (Å²) in [6, 6.07) is 10.2. The van der Waals surface area contributed by atoms with Crippen LogP contribution in [0.15, 0.2) is 42.5 Å². The summed E-state index contributed by atoms with van der Waals surface area (Å²) in [5.41, 5.74) is -1.15. The molecular formula is C25H28N2O7. The molecule has 9 nitrogen and oxygen atoms in total. The second-order valence-electron chi connectivity index (χ2n) is 9.11. The molecule has 180 valence electrons. The normalized spacial score (nSPS) is 26.1. The molecule has 0 saturated carbocycles. The zero-order valence-electron chi connectivity index (χ0n) is 19.4. The van der Waals surface area contributed by atoms with Gasteiger partial charge in [0, 0.05) is 11.6 Å². The van der Waals surface area contributed by atoms with E-state index in [2.05, 4.69) is 5.32 Å². The monoisotopic (exact) mass is 468 g/mol. The fraction of sp³-hybridized carbons (Fsp3) is 0.400. The summed E-state index contributed by atoms with van der Waals surface area (Å²) in [6.07, 6.45) is 0.115. The molecule has 0 radical (unpaired) electrons. The van der Waals surface area contributed by atoms with E-state index in [4.69, 9.17) is 9.47 Å². The number of carboxylic acid groups (broad SMARTS) is 1. The number of ether oxygens (including phenoxy) is 2. The molecule has 0 spiro atoms. The highest BCUT2D eigenvalue weighted by Gasteiger charge is 2.69. The number of methoxy groups -OCH3 is 2. The Labute approximate surface area is 197 Å². The summed E-state index contributed by atoms with van der Waals surface area (Å²) in [5, 5.41) is 24.1. The van der Waals surface area contributed by atoms with E-state index in [1.54, 1.807) is 36.4 Å². The predicted molar refractivity (Wildman–Crippen MR) is 123 cm³/mol. The molecule has 2 aliphatic rings. The zero-order chi connectivity index (χ0) is 24.8. The van der Waals surface area contributed by atoms with E-state index in [-0.39, 0.29) is 23.8 Å². The number of carboxylic acids is 1. The smallest absolute Gasteiger partial charge is 0.324 e. The molecule has 2 amide bonds. The molecule has 2 aliphatic heterocycles. The number of aliphatic carboxylic acids is 1. The molecule has 2 aromatic rings. The number of amides is 2. The van der Waals surface area contributed by atoms with Crippen molar-refractivity contribution in [2.75, 3.05) is 19.1 Å². The van der Waals surface area contributed by atoms with E-state index in [9.17, 15) is 24.6 Å². The lowest BCUT2D eigenvalue weighted by Crippen LogP contribution is -2.56. The van der Waals surface area contributed by atoms with Gasteiger partial charge in [-0.05, 0) is 42.7 Å². The van der Waals surface area contributed by atoms with Gasteiger partial charge >= 0.3 is 5.97 Å².